The fourth-order valence-corrected chi connectivity index (χ4v) is 5.33. The summed E-state index contributed by atoms with van der Waals surface area (Å²) in [4.78, 5) is 41.4. The van der Waals surface area contributed by atoms with Crippen LogP contribution in [0.15, 0.2) is 59.8 Å². The number of amides is 2. The summed E-state index contributed by atoms with van der Waals surface area (Å²) in [6, 6.07) is 14.4. The highest BCUT2D eigenvalue weighted by Crippen LogP contribution is 2.27. The third-order valence-corrected chi connectivity index (χ3v) is 7.58. The zero-order valence-electron chi connectivity index (χ0n) is 21.6. The van der Waals surface area contributed by atoms with Gasteiger partial charge in [0, 0.05) is 51.7 Å². The molecule has 10 heteroatoms. The Morgan fingerprint density at radius 3 is 2.63 bits per heavy atom. The zero-order valence-corrected chi connectivity index (χ0v) is 22.4. The number of aromatic nitrogens is 3. The zero-order chi connectivity index (χ0) is 26.5. The average Bonchev–Trinajstić information content (AvgIpc) is 3.25. The third kappa shape index (κ3) is 6.20. The van der Waals surface area contributed by atoms with Gasteiger partial charge in [0.1, 0.15) is 5.82 Å². The Morgan fingerprint density at radius 2 is 1.92 bits per heavy atom. The van der Waals surface area contributed by atoms with Gasteiger partial charge in [0.05, 0.1) is 10.6 Å². The molecule has 2 aliphatic heterocycles. The molecule has 0 bridgehead atoms. The molecule has 2 aromatic heterocycles. The van der Waals surface area contributed by atoms with E-state index < -0.39 is 0 Å². The minimum absolute atomic E-state index is 0.354. The highest BCUT2D eigenvalue weighted by molar-refractivity contribution is 8.18. The van der Waals surface area contributed by atoms with Gasteiger partial charge in [-0.15, -0.1) is 0 Å². The molecule has 9 nitrogen and oxygen atoms in total. The molecule has 2 N–H and O–H groups in total. The smallest absolute Gasteiger partial charge is 0.290 e. The van der Waals surface area contributed by atoms with Crippen LogP contribution in [0.1, 0.15) is 24.1 Å². The van der Waals surface area contributed by atoms with E-state index in [0.717, 1.165) is 62.2 Å². The first-order valence-corrected chi connectivity index (χ1v) is 13.5. The van der Waals surface area contributed by atoms with Gasteiger partial charge in [0.15, 0.2) is 0 Å². The molecule has 0 radical (unpaired) electrons. The van der Waals surface area contributed by atoms with Crippen LogP contribution >= 0.6 is 11.8 Å². The van der Waals surface area contributed by atoms with Crippen LogP contribution in [0.25, 0.3) is 17.2 Å². The van der Waals surface area contributed by atoms with Gasteiger partial charge in [0.25, 0.3) is 11.1 Å². The van der Waals surface area contributed by atoms with Crippen molar-refractivity contribution in [2.75, 3.05) is 43.5 Å². The summed E-state index contributed by atoms with van der Waals surface area (Å²) in [6.07, 6.45) is 7.37. The molecule has 196 valence electrons. The molecule has 0 unspecified atom stereocenters. The maximum atomic E-state index is 11.8. The summed E-state index contributed by atoms with van der Waals surface area (Å²) in [5.74, 6) is 1.80. The lowest BCUT2D eigenvalue weighted by atomic mass is 9.96. The van der Waals surface area contributed by atoms with Crippen LogP contribution in [-0.4, -0.2) is 59.8 Å². The fraction of sp³-hybridized carbons (Fsp3) is 0.321. The Balaban J connectivity index is 1.13. The van der Waals surface area contributed by atoms with E-state index in [4.69, 9.17) is 0 Å². The first kappa shape index (κ1) is 25.9. The second-order valence-electron chi connectivity index (χ2n) is 9.65. The maximum Gasteiger partial charge on any atom is 0.290 e. The lowest BCUT2D eigenvalue weighted by Crippen LogP contribution is -2.38. The number of benzene rings is 1. The second-order valence-corrected chi connectivity index (χ2v) is 10.7. The monoisotopic (exact) mass is 529 g/mol. The van der Waals surface area contributed by atoms with Crippen molar-refractivity contribution in [3.05, 3.63) is 71.0 Å². The van der Waals surface area contributed by atoms with Gasteiger partial charge >= 0.3 is 0 Å². The molecule has 0 aliphatic carbocycles. The predicted octanol–water partition coefficient (Wildman–Crippen LogP) is 3.93. The average molecular weight is 530 g/mol. The number of pyridine rings is 1. The Labute approximate surface area is 226 Å². The molecule has 4 heterocycles. The van der Waals surface area contributed by atoms with E-state index in [-0.39, 0.29) is 11.1 Å². The molecule has 0 saturated carbocycles. The van der Waals surface area contributed by atoms with Crippen molar-refractivity contribution in [3.8, 4) is 11.1 Å². The van der Waals surface area contributed by atoms with Crippen LogP contribution in [0, 0.1) is 5.92 Å². The highest BCUT2D eigenvalue weighted by atomic mass is 32.2. The Bertz CT molecular complexity index is 1340. The van der Waals surface area contributed by atoms with Crippen LogP contribution in [-0.2, 0) is 11.3 Å². The number of imide groups is 1. The molecule has 3 aromatic rings. The first-order valence-electron chi connectivity index (χ1n) is 12.7. The lowest BCUT2D eigenvalue weighted by Gasteiger charge is -2.32. The topological polar surface area (TPSA) is 103 Å². The summed E-state index contributed by atoms with van der Waals surface area (Å²) in [6.45, 7) is 3.51. The molecule has 5 rings (SSSR count). The fourth-order valence-electron chi connectivity index (χ4n) is 4.66. The minimum Gasteiger partial charge on any atom is -0.363 e. The number of carbonyl (C=O) groups excluding carboxylic acids is 2. The number of thioether (sulfide) groups is 1. The standard InChI is InChI=1S/C28H31N7O2S/c1-34(2)25-8-7-21(18-31-25)23-6-4-3-5-20(23)17-29-16-19-10-13-35(14-11-19)27-30-12-9-22(32-27)15-24-26(36)33-28(37)38-24/h3-9,12,15,18-19,29H,10-11,13-14,16-17H2,1-2H3,(H,33,36,37)/b24-15-. The molecule has 2 amide bonds. The van der Waals surface area contributed by atoms with E-state index >= 15 is 0 Å². The second kappa shape index (κ2) is 11.7. The van der Waals surface area contributed by atoms with Crippen molar-refractivity contribution >= 4 is 40.8 Å². The van der Waals surface area contributed by atoms with Crippen LogP contribution in [0.3, 0.4) is 0 Å². The lowest BCUT2D eigenvalue weighted by molar-refractivity contribution is -0.115. The van der Waals surface area contributed by atoms with Crippen LogP contribution in [0.5, 0.6) is 0 Å². The van der Waals surface area contributed by atoms with Crippen LogP contribution < -0.4 is 20.4 Å². The SMILES string of the molecule is CN(C)c1ccc(-c2ccccc2CNCC2CCN(c3nccc(/C=C4\SC(=O)NC4=O)n3)CC2)cn1. The summed E-state index contributed by atoms with van der Waals surface area (Å²) >= 11 is 0.893. The molecular weight excluding hydrogens is 498 g/mol. The van der Waals surface area contributed by atoms with Gasteiger partial charge < -0.3 is 15.1 Å². The number of rotatable bonds is 8. The maximum absolute atomic E-state index is 11.8. The molecule has 1 aromatic carbocycles. The molecule has 0 atom stereocenters. The summed E-state index contributed by atoms with van der Waals surface area (Å²) in [5, 5.41) is 5.58. The number of hydrogen-bond donors (Lipinski definition) is 2. The van der Waals surface area contributed by atoms with Crippen LogP contribution in [0.2, 0.25) is 0 Å². The van der Waals surface area contributed by atoms with E-state index in [1.807, 2.05) is 25.2 Å². The quantitative estimate of drug-likeness (QED) is 0.420. The van der Waals surface area contributed by atoms with E-state index in [2.05, 4.69) is 66.9 Å². The minimum atomic E-state index is -0.380. The normalized spacial score (nSPS) is 17.2. The summed E-state index contributed by atoms with van der Waals surface area (Å²) in [5.41, 5.74) is 4.21. The van der Waals surface area contributed by atoms with E-state index in [1.165, 1.54) is 11.1 Å². The summed E-state index contributed by atoms with van der Waals surface area (Å²) in [7, 11) is 3.99. The number of anilines is 2. The van der Waals surface area contributed by atoms with Crippen molar-refractivity contribution in [2.45, 2.75) is 19.4 Å². The number of piperidine rings is 1. The Kier molecular flexibility index (Phi) is 8.00. The third-order valence-electron chi connectivity index (χ3n) is 6.77. The highest BCUT2D eigenvalue weighted by Gasteiger charge is 2.26. The van der Waals surface area contributed by atoms with Crippen molar-refractivity contribution in [1.29, 1.82) is 0 Å². The van der Waals surface area contributed by atoms with Gasteiger partial charge in [-0.25, -0.2) is 15.0 Å². The van der Waals surface area contributed by atoms with E-state index in [1.54, 1.807) is 18.3 Å². The van der Waals surface area contributed by atoms with Gasteiger partial charge in [-0.3, -0.25) is 14.9 Å². The van der Waals surface area contributed by atoms with Crippen molar-refractivity contribution in [1.82, 2.24) is 25.6 Å². The van der Waals surface area contributed by atoms with Gasteiger partial charge in [-0.2, -0.15) is 0 Å². The molecule has 2 saturated heterocycles. The Morgan fingerprint density at radius 1 is 1.11 bits per heavy atom. The number of nitrogens with one attached hydrogen (secondary N) is 2. The Hall–Kier alpha value is -3.76. The van der Waals surface area contributed by atoms with Gasteiger partial charge in [0.2, 0.25) is 5.95 Å². The van der Waals surface area contributed by atoms with Gasteiger partial charge in [-0.1, -0.05) is 24.3 Å². The van der Waals surface area contributed by atoms with E-state index in [0.29, 0.717) is 22.5 Å². The van der Waals surface area contributed by atoms with Crippen molar-refractivity contribution < 1.29 is 9.59 Å². The molecule has 2 fully saturated rings. The molecule has 2 aliphatic rings. The number of hydrogen-bond acceptors (Lipinski definition) is 9. The summed E-state index contributed by atoms with van der Waals surface area (Å²) < 4.78 is 0. The largest absolute Gasteiger partial charge is 0.363 e. The number of nitrogens with zero attached hydrogens (tertiary/aromatic N) is 5. The molecule has 38 heavy (non-hydrogen) atoms. The van der Waals surface area contributed by atoms with E-state index in [9.17, 15) is 9.59 Å². The van der Waals surface area contributed by atoms with Crippen molar-refractivity contribution in [2.24, 2.45) is 5.92 Å². The van der Waals surface area contributed by atoms with Gasteiger partial charge in [-0.05, 0) is 72.5 Å². The first-order chi connectivity index (χ1) is 18.5. The predicted molar refractivity (Wildman–Crippen MR) is 152 cm³/mol. The van der Waals surface area contributed by atoms with Crippen LogP contribution in [0.4, 0.5) is 16.6 Å². The number of carbonyl (C=O) groups is 2. The molecular formula is C28H31N7O2S. The van der Waals surface area contributed by atoms with Crippen molar-refractivity contribution in [3.63, 3.8) is 0 Å². The molecule has 0 spiro atoms.